The SMILES string of the molecule is CCC1=Nc2ccccc2N=C(NC(=O)CSc2nccc(C)n2)[C@H]1c1ccccc1. The molecule has 1 aromatic heterocycles. The molecule has 1 atom stereocenters. The summed E-state index contributed by atoms with van der Waals surface area (Å²) in [5, 5.41) is 3.63. The van der Waals surface area contributed by atoms with Gasteiger partial charge in [-0.25, -0.2) is 15.0 Å². The van der Waals surface area contributed by atoms with Crippen molar-refractivity contribution in [3.05, 3.63) is 78.1 Å². The number of hydrogen-bond donors (Lipinski definition) is 1. The number of nitrogens with one attached hydrogen (secondary N) is 1. The zero-order valence-corrected chi connectivity index (χ0v) is 18.3. The van der Waals surface area contributed by atoms with Crippen molar-refractivity contribution >= 4 is 40.6 Å². The first-order chi connectivity index (χ1) is 15.1. The molecule has 156 valence electrons. The van der Waals surface area contributed by atoms with Crippen LogP contribution in [0.15, 0.2) is 82.0 Å². The van der Waals surface area contributed by atoms with Crippen LogP contribution in [0.2, 0.25) is 0 Å². The molecule has 31 heavy (non-hydrogen) atoms. The fourth-order valence-electron chi connectivity index (χ4n) is 3.41. The van der Waals surface area contributed by atoms with Gasteiger partial charge in [0.15, 0.2) is 5.16 Å². The molecule has 2 aromatic carbocycles. The molecule has 1 aliphatic heterocycles. The van der Waals surface area contributed by atoms with Gasteiger partial charge in [0.2, 0.25) is 5.91 Å². The molecule has 1 N–H and O–H groups in total. The topological polar surface area (TPSA) is 79.6 Å². The fraction of sp³-hybridized carbons (Fsp3) is 0.208. The first kappa shape index (κ1) is 20.9. The van der Waals surface area contributed by atoms with E-state index in [9.17, 15) is 4.79 Å². The summed E-state index contributed by atoms with van der Waals surface area (Å²) in [6.07, 6.45) is 2.44. The third kappa shape index (κ3) is 5.06. The first-order valence-electron chi connectivity index (χ1n) is 10.2. The summed E-state index contributed by atoms with van der Waals surface area (Å²) in [5.74, 6) is 0.421. The highest BCUT2D eigenvalue weighted by molar-refractivity contribution is 7.99. The van der Waals surface area contributed by atoms with Crippen LogP contribution in [-0.2, 0) is 4.79 Å². The van der Waals surface area contributed by atoms with Crippen molar-refractivity contribution in [2.45, 2.75) is 31.3 Å². The second kappa shape index (κ2) is 9.66. The molecule has 2 heterocycles. The van der Waals surface area contributed by atoms with Crippen molar-refractivity contribution in [3.8, 4) is 0 Å². The Labute approximate surface area is 186 Å². The number of thioether (sulfide) groups is 1. The molecule has 0 fully saturated rings. The largest absolute Gasteiger partial charge is 0.313 e. The number of aryl methyl sites for hydroxylation is 1. The standard InChI is InChI=1S/C24H23N5OS/c1-3-18-22(17-9-5-4-6-10-17)23(28-20-12-8-7-11-19(20)27-18)29-21(30)15-31-24-25-14-13-16(2)26-24/h4-14,22H,3,15H2,1-2H3,(H,28,29,30)/t22-/m0/s1. The number of aromatic nitrogens is 2. The third-order valence-electron chi connectivity index (χ3n) is 4.86. The van der Waals surface area contributed by atoms with Crippen molar-refractivity contribution in [1.82, 2.24) is 15.3 Å². The lowest BCUT2D eigenvalue weighted by Crippen LogP contribution is -2.38. The van der Waals surface area contributed by atoms with Crippen LogP contribution >= 0.6 is 11.8 Å². The van der Waals surface area contributed by atoms with E-state index in [-0.39, 0.29) is 17.6 Å². The van der Waals surface area contributed by atoms with Crippen LogP contribution in [0.4, 0.5) is 11.4 Å². The van der Waals surface area contributed by atoms with Gasteiger partial charge in [0, 0.05) is 17.6 Å². The maximum Gasteiger partial charge on any atom is 0.235 e. The molecule has 1 amide bonds. The van der Waals surface area contributed by atoms with Crippen molar-refractivity contribution < 1.29 is 4.79 Å². The minimum atomic E-state index is -0.220. The molecule has 7 heteroatoms. The molecule has 3 aromatic rings. The van der Waals surface area contributed by atoms with Crippen molar-refractivity contribution in [2.75, 3.05) is 5.75 Å². The van der Waals surface area contributed by atoms with Gasteiger partial charge in [-0.3, -0.25) is 9.79 Å². The van der Waals surface area contributed by atoms with Crippen LogP contribution < -0.4 is 5.32 Å². The minimum Gasteiger partial charge on any atom is -0.313 e. The number of fused-ring (bicyclic) bond motifs is 1. The molecule has 0 saturated heterocycles. The van der Waals surface area contributed by atoms with Crippen molar-refractivity contribution in [2.24, 2.45) is 9.98 Å². The number of benzene rings is 2. The van der Waals surface area contributed by atoms with E-state index in [1.54, 1.807) is 6.20 Å². The Balaban J connectivity index is 1.64. The third-order valence-corrected chi connectivity index (χ3v) is 5.72. The van der Waals surface area contributed by atoms with Gasteiger partial charge in [-0.2, -0.15) is 0 Å². The molecule has 6 nitrogen and oxygen atoms in total. The Morgan fingerprint density at radius 3 is 2.42 bits per heavy atom. The van der Waals surface area contributed by atoms with Gasteiger partial charge in [-0.05, 0) is 37.1 Å². The minimum absolute atomic E-state index is 0.148. The van der Waals surface area contributed by atoms with E-state index < -0.39 is 0 Å². The predicted octanol–water partition coefficient (Wildman–Crippen LogP) is 5.00. The number of nitrogens with zero attached hydrogens (tertiary/aromatic N) is 4. The molecule has 0 saturated carbocycles. The number of amides is 1. The quantitative estimate of drug-likeness (QED) is 0.457. The number of aliphatic imine (C=N–C) groups is 2. The second-order valence-electron chi connectivity index (χ2n) is 7.10. The van der Waals surface area contributed by atoms with Crippen LogP contribution in [-0.4, -0.2) is 33.2 Å². The smallest absolute Gasteiger partial charge is 0.235 e. The van der Waals surface area contributed by atoms with E-state index in [0.29, 0.717) is 11.0 Å². The second-order valence-corrected chi connectivity index (χ2v) is 8.05. The van der Waals surface area contributed by atoms with E-state index in [4.69, 9.17) is 9.98 Å². The van der Waals surface area contributed by atoms with Crippen LogP contribution in [0.3, 0.4) is 0 Å². The lowest BCUT2D eigenvalue weighted by Gasteiger charge is -2.20. The predicted molar refractivity (Wildman–Crippen MR) is 126 cm³/mol. The summed E-state index contributed by atoms with van der Waals surface area (Å²) >= 11 is 1.31. The van der Waals surface area contributed by atoms with Gasteiger partial charge < -0.3 is 5.32 Å². The molecule has 0 bridgehead atoms. The number of carbonyl (C=O) groups is 1. The maximum absolute atomic E-state index is 12.9. The molecule has 0 spiro atoms. The van der Waals surface area contributed by atoms with E-state index in [1.165, 1.54) is 11.8 Å². The Hall–Kier alpha value is -3.32. The Bertz CT molecular complexity index is 1140. The molecule has 4 rings (SSSR count). The van der Waals surface area contributed by atoms with E-state index in [1.807, 2.05) is 67.6 Å². The van der Waals surface area contributed by atoms with Gasteiger partial charge in [-0.1, -0.05) is 61.2 Å². The average Bonchev–Trinajstić information content (AvgIpc) is 2.94. The zero-order chi connectivity index (χ0) is 21.6. The highest BCUT2D eigenvalue weighted by Gasteiger charge is 2.27. The summed E-state index contributed by atoms with van der Waals surface area (Å²) in [6.45, 7) is 3.98. The zero-order valence-electron chi connectivity index (χ0n) is 17.4. The van der Waals surface area contributed by atoms with Gasteiger partial charge in [0.05, 0.1) is 23.0 Å². The van der Waals surface area contributed by atoms with Crippen molar-refractivity contribution in [3.63, 3.8) is 0 Å². The number of hydrogen-bond acceptors (Lipinski definition) is 6. The molecule has 0 aliphatic carbocycles. The monoisotopic (exact) mass is 429 g/mol. The summed E-state index contributed by atoms with van der Waals surface area (Å²) in [7, 11) is 0. The van der Waals surface area contributed by atoms with Gasteiger partial charge in [-0.15, -0.1) is 0 Å². The summed E-state index contributed by atoms with van der Waals surface area (Å²) in [6, 6.07) is 19.6. The summed E-state index contributed by atoms with van der Waals surface area (Å²) in [5.41, 5.74) is 4.44. The number of rotatable bonds is 5. The Morgan fingerprint density at radius 1 is 1.00 bits per heavy atom. The normalized spacial score (nSPS) is 15.4. The molecular formula is C24H23N5OS. The summed E-state index contributed by atoms with van der Waals surface area (Å²) in [4.78, 5) is 31.2. The molecule has 0 unspecified atom stereocenters. The van der Waals surface area contributed by atoms with E-state index in [0.717, 1.165) is 34.8 Å². The first-order valence-corrected chi connectivity index (χ1v) is 11.1. The van der Waals surface area contributed by atoms with E-state index in [2.05, 4.69) is 22.2 Å². The Morgan fingerprint density at radius 2 is 1.71 bits per heavy atom. The highest BCUT2D eigenvalue weighted by atomic mass is 32.2. The van der Waals surface area contributed by atoms with Crippen molar-refractivity contribution in [1.29, 1.82) is 0 Å². The molecule has 1 aliphatic rings. The maximum atomic E-state index is 12.9. The number of carbonyl (C=O) groups excluding carboxylic acids is 1. The van der Waals surface area contributed by atoms with Gasteiger partial charge >= 0.3 is 0 Å². The highest BCUT2D eigenvalue weighted by Crippen LogP contribution is 2.35. The summed E-state index contributed by atoms with van der Waals surface area (Å²) < 4.78 is 0. The fourth-order valence-corrected chi connectivity index (χ4v) is 4.08. The lowest BCUT2D eigenvalue weighted by molar-refractivity contribution is -0.117. The number of amidine groups is 1. The van der Waals surface area contributed by atoms with Crippen LogP contribution in [0.25, 0.3) is 0 Å². The average molecular weight is 430 g/mol. The Kier molecular flexibility index (Phi) is 6.52. The van der Waals surface area contributed by atoms with Crippen LogP contribution in [0.5, 0.6) is 0 Å². The lowest BCUT2D eigenvalue weighted by atomic mass is 9.91. The number of para-hydroxylation sites is 2. The van der Waals surface area contributed by atoms with Crippen LogP contribution in [0.1, 0.15) is 30.5 Å². The molecule has 0 radical (unpaired) electrons. The van der Waals surface area contributed by atoms with Gasteiger partial charge in [0.1, 0.15) is 5.84 Å². The van der Waals surface area contributed by atoms with Gasteiger partial charge in [0.25, 0.3) is 0 Å². The van der Waals surface area contributed by atoms with E-state index >= 15 is 0 Å². The molecular weight excluding hydrogens is 406 g/mol. The van der Waals surface area contributed by atoms with Crippen LogP contribution in [0, 0.1) is 6.92 Å².